The molecule has 1 amide bonds. The van der Waals surface area contributed by atoms with E-state index in [4.69, 9.17) is 0 Å². The van der Waals surface area contributed by atoms with Gasteiger partial charge in [-0.25, -0.2) is 0 Å². The maximum Gasteiger partial charge on any atom is 0.137 e. The van der Waals surface area contributed by atoms with Gasteiger partial charge in [-0.3, -0.25) is 4.98 Å². The summed E-state index contributed by atoms with van der Waals surface area (Å²) in [6, 6.07) is 7.23. The number of amides is 1. The van der Waals surface area contributed by atoms with E-state index in [1.165, 1.54) is 4.90 Å². The van der Waals surface area contributed by atoms with Crippen LogP contribution in [0.4, 0.5) is 4.79 Å². The Morgan fingerprint density at radius 3 is 2.95 bits per heavy atom. The molecule has 2 aromatic rings. The molecule has 2 heterocycles. The van der Waals surface area contributed by atoms with E-state index in [1.54, 1.807) is 0 Å². The average molecular weight is 299 g/mol. The van der Waals surface area contributed by atoms with Crippen LogP contribution in [-0.4, -0.2) is 33.7 Å². The number of hydrogen-bond donors (Lipinski definition) is 1. The number of nitrogens with zero attached hydrogens (tertiary/aromatic N) is 2. The molecule has 3 rings (SSSR count). The molecule has 5 heteroatoms. The molecule has 1 N–H and O–H groups in total. The third-order valence-corrected chi connectivity index (χ3v) is 4.54. The number of aliphatic hydroxyl groups excluding tert-OH is 1. The normalized spacial score (nSPS) is 19.6. The van der Waals surface area contributed by atoms with Gasteiger partial charge in [0, 0.05) is 23.2 Å². The fourth-order valence-corrected chi connectivity index (χ4v) is 3.21. The number of rotatable bonds is 2. The summed E-state index contributed by atoms with van der Waals surface area (Å²) in [6.45, 7) is 4.35. The Balaban J connectivity index is 2.06. The molecule has 0 radical (unpaired) electrons. The lowest BCUT2D eigenvalue weighted by molar-refractivity contribution is -0.268. The van der Waals surface area contributed by atoms with Crippen molar-refractivity contribution in [1.82, 2.24) is 9.88 Å². The Morgan fingerprint density at radius 2 is 2.23 bits per heavy atom. The van der Waals surface area contributed by atoms with E-state index in [9.17, 15) is 15.0 Å². The Bertz CT molecular complexity index is 729. The highest BCUT2D eigenvalue weighted by Gasteiger charge is 2.32. The number of likely N-dealkylation sites (tertiary alicyclic amines) is 1. The number of aromatic nitrogens is 1. The van der Waals surface area contributed by atoms with Crippen LogP contribution in [0.5, 0.6) is 0 Å². The smallest absolute Gasteiger partial charge is 0.137 e. The van der Waals surface area contributed by atoms with Gasteiger partial charge in [0.25, 0.3) is 0 Å². The summed E-state index contributed by atoms with van der Waals surface area (Å²) in [7, 11) is 0. The average Bonchev–Trinajstić information content (AvgIpc) is 2.97. The number of carbonyl (C=O) groups is 1. The van der Waals surface area contributed by atoms with Crippen molar-refractivity contribution in [3.8, 4) is 0 Å². The highest BCUT2D eigenvalue weighted by Crippen LogP contribution is 2.32. The second kappa shape index (κ2) is 5.57. The first-order valence-corrected chi connectivity index (χ1v) is 7.51. The third kappa shape index (κ3) is 2.41. The Hall–Kier alpha value is -2.14. The molecule has 2 unspecified atom stereocenters. The van der Waals surface area contributed by atoms with Gasteiger partial charge in [0.2, 0.25) is 0 Å². The fourth-order valence-electron chi connectivity index (χ4n) is 3.21. The van der Waals surface area contributed by atoms with Crippen molar-refractivity contribution in [3.05, 3.63) is 41.1 Å². The lowest BCUT2D eigenvalue weighted by atomic mass is 9.97. The summed E-state index contributed by atoms with van der Waals surface area (Å²) < 4.78 is 0. The molecule has 2 atom stereocenters. The molecule has 1 aliphatic heterocycles. The number of aryl methyl sites for hydroxylation is 2. The predicted molar refractivity (Wildman–Crippen MR) is 81.3 cm³/mol. The maximum absolute atomic E-state index is 11.2. The van der Waals surface area contributed by atoms with E-state index >= 15 is 0 Å². The number of hydrogen-bond acceptors (Lipinski definition) is 4. The summed E-state index contributed by atoms with van der Waals surface area (Å²) in [5.74, 6) is 0. The molecule has 1 aromatic heterocycles. The van der Waals surface area contributed by atoms with Crippen molar-refractivity contribution in [2.45, 2.75) is 38.8 Å². The van der Waals surface area contributed by atoms with Gasteiger partial charge in [0.1, 0.15) is 12.2 Å². The number of fused-ring (bicyclic) bond motifs is 1. The van der Waals surface area contributed by atoms with Crippen LogP contribution in [0.2, 0.25) is 0 Å². The molecule has 5 nitrogen and oxygen atoms in total. The van der Waals surface area contributed by atoms with Crippen LogP contribution >= 0.6 is 0 Å². The highest BCUT2D eigenvalue weighted by atomic mass is 16.4. The van der Waals surface area contributed by atoms with Gasteiger partial charge < -0.3 is 19.9 Å². The summed E-state index contributed by atoms with van der Waals surface area (Å²) >= 11 is 0. The molecule has 1 aromatic carbocycles. The molecule has 0 spiro atoms. The number of carbonyl (C=O) groups excluding carboxylic acids is 1. The van der Waals surface area contributed by atoms with Gasteiger partial charge in [0.05, 0.1) is 11.6 Å². The number of carboxylic acid groups (broad SMARTS) is 1. The summed E-state index contributed by atoms with van der Waals surface area (Å²) in [6.07, 6.45) is -0.733. The van der Waals surface area contributed by atoms with Crippen LogP contribution in [0.1, 0.15) is 35.8 Å². The first-order valence-electron chi connectivity index (χ1n) is 7.51. The zero-order valence-corrected chi connectivity index (χ0v) is 12.7. The van der Waals surface area contributed by atoms with Crippen molar-refractivity contribution in [2.24, 2.45) is 0 Å². The zero-order valence-electron chi connectivity index (χ0n) is 12.7. The van der Waals surface area contributed by atoms with Crippen molar-refractivity contribution < 1.29 is 15.0 Å². The molecule has 0 aliphatic carbocycles. The van der Waals surface area contributed by atoms with Crippen LogP contribution in [0.3, 0.4) is 0 Å². The van der Waals surface area contributed by atoms with Crippen LogP contribution in [0, 0.1) is 13.8 Å². The topological polar surface area (TPSA) is 76.5 Å². The Labute approximate surface area is 129 Å². The van der Waals surface area contributed by atoms with E-state index in [0.717, 1.165) is 28.6 Å². The Morgan fingerprint density at radius 1 is 1.45 bits per heavy atom. The number of para-hydroxylation sites is 1. The molecular weight excluding hydrogens is 280 g/mol. The maximum atomic E-state index is 11.2. The minimum Gasteiger partial charge on any atom is -0.530 e. The minimum absolute atomic E-state index is 0.417. The highest BCUT2D eigenvalue weighted by molar-refractivity contribution is 5.83. The first-order chi connectivity index (χ1) is 10.5. The van der Waals surface area contributed by atoms with Gasteiger partial charge in [-0.05, 0) is 38.3 Å². The Kier molecular flexibility index (Phi) is 3.74. The molecule has 22 heavy (non-hydrogen) atoms. The van der Waals surface area contributed by atoms with Gasteiger partial charge >= 0.3 is 0 Å². The standard InChI is InChI=1S/C17H20N2O3/c1-10-9-12-5-3-6-13(15(12)18-11(10)2)16(20)14-7-4-8-19(14)17(21)22/h3,5-6,9,14,16,20H,4,7-8H2,1-2H3,(H,21,22)/p-1. The lowest BCUT2D eigenvalue weighted by Gasteiger charge is -2.31. The van der Waals surface area contributed by atoms with Crippen molar-refractivity contribution in [1.29, 1.82) is 0 Å². The molecule has 0 bridgehead atoms. The quantitative estimate of drug-likeness (QED) is 0.915. The predicted octanol–water partition coefficient (Wildman–Crippen LogP) is 1.69. The van der Waals surface area contributed by atoms with Crippen molar-refractivity contribution in [3.63, 3.8) is 0 Å². The third-order valence-electron chi connectivity index (χ3n) is 4.54. The van der Waals surface area contributed by atoms with E-state index in [0.29, 0.717) is 18.5 Å². The summed E-state index contributed by atoms with van der Waals surface area (Å²) in [4.78, 5) is 17.0. The zero-order chi connectivity index (χ0) is 15.9. The minimum atomic E-state index is -1.22. The van der Waals surface area contributed by atoms with Crippen molar-refractivity contribution in [2.75, 3.05) is 6.54 Å². The monoisotopic (exact) mass is 299 g/mol. The summed E-state index contributed by atoms with van der Waals surface area (Å²) in [5.41, 5.74) is 3.42. The van der Waals surface area contributed by atoms with Crippen LogP contribution in [-0.2, 0) is 0 Å². The SMILES string of the molecule is Cc1cc2cccc(C(O)C3CCCN3C(=O)[O-])c2nc1C. The van der Waals surface area contributed by atoms with Gasteiger partial charge in [0.15, 0.2) is 0 Å². The van der Waals surface area contributed by atoms with Gasteiger partial charge in [-0.1, -0.05) is 18.2 Å². The molecular formula is C17H19N2O3-. The number of benzene rings is 1. The fraction of sp³-hybridized carbons (Fsp3) is 0.412. The lowest BCUT2D eigenvalue weighted by Crippen LogP contribution is -2.46. The molecule has 1 aliphatic rings. The van der Waals surface area contributed by atoms with E-state index in [1.807, 2.05) is 38.1 Å². The number of aliphatic hydroxyl groups is 1. The van der Waals surface area contributed by atoms with Crippen LogP contribution in [0.15, 0.2) is 24.3 Å². The molecule has 116 valence electrons. The number of pyridine rings is 1. The van der Waals surface area contributed by atoms with Crippen LogP contribution in [0.25, 0.3) is 10.9 Å². The van der Waals surface area contributed by atoms with Gasteiger partial charge in [-0.15, -0.1) is 0 Å². The van der Waals surface area contributed by atoms with E-state index in [-0.39, 0.29) is 0 Å². The van der Waals surface area contributed by atoms with E-state index < -0.39 is 18.2 Å². The largest absolute Gasteiger partial charge is 0.530 e. The van der Waals surface area contributed by atoms with Crippen molar-refractivity contribution >= 4 is 17.0 Å². The van der Waals surface area contributed by atoms with Gasteiger partial charge in [-0.2, -0.15) is 0 Å². The second-order valence-electron chi connectivity index (χ2n) is 5.92. The summed E-state index contributed by atoms with van der Waals surface area (Å²) in [5, 5.41) is 22.9. The van der Waals surface area contributed by atoms with E-state index in [2.05, 4.69) is 4.98 Å². The molecule has 1 fully saturated rings. The van der Waals surface area contributed by atoms with Crippen LogP contribution < -0.4 is 5.11 Å². The molecule has 0 saturated carbocycles. The molecule has 1 saturated heterocycles. The first kappa shape index (κ1) is 14.8. The second-order valence-corrected chi connectivity index (χ2v) is 5.92.